The van der Waals surface area contributed by atoms with Gasteiger partial charge in [0, 0.05) is 38.8 Å². The van der Waals surface area contributed by atoms with E-state index in [1.807, 2.05) is 0 Å². The van der Waals surface area contributed by atoms with Gasteiger partial charge in [0.05, 0.1) is 6.04 Å². The van der Waals surface area contributed by atoms with Crippen molar-refractivity contribution in [1.82, 2.24) is 20.4 Å². The van der Waals surface area contributed by atoms with E-state index in [0.717, 1.165) is 39.1 Å². The molecule has 3 saturated heterocycles. The van der Waals surface area contributed by atoms with Crippen LogP contribution in [0.4, 0.5) is 0 Å². The summed E-state index contributed by atoms with van der Waals surface area (Å²) in [6.45, 7) is 5.78. The fraction of sp³-hybridized carbons (Fsp3) is 0.929. The van der Waals surface area contributed by atoms with Gasteiger partial charge in [0.2, 0.25) is 5.91 Å². The standard InChI is InChI=1S/C14H26N4O/c1-17-7-2-3-11-10-18(8-4-13(11)17)14(19)12-9-15-5-6-16-12/h11-13,15-16H,2-10H2,1H3. The lowest BCUT2D eigenvalue weighted by Gasteiger charge is -2.46. The molecule has 0 saturated carbocycles. The number of hydrogen-bond acceptors (Lipinski definition) is 4. The van der Waals surface area contributed by atoms with Crippen LogP contribution in [0.3, 0.4) is 0 Å². The Labute approximate surface area is 115 Å². The van der Waals surface area contributed by atoms with E-state index in [2.05, 4.69) is 27.5 Å². The second-order valence-corrected chi connectivity index (χ2v) is 6.23. The predicted octanol–water partition coefficient (Wildman–Crippen LogP) is -0.509. The molecule has 3 rings (SSSR count). The first-order valence-corrected chi connectivity index (χ1v) is 7.69. The molecule has 2 N–H and O–H groups in total. The van der Waals surface area contributed by atoms with E-state index in [1.165, 1.54) is 19.4 Å². The molecule has 5 heteroatoms. The Balaban J connectivity index is 1.59. The Bertz CT molecular complexity index is 329. The topological polar surface area (TPSA) is 47.6 Å². The lowest BCUT2D eigenvalue weighted by Crippen LogP contribution is -2.60. The maximum absolute atomic E-state index is 12.5. The van der Waals surface area contributed by atoms with E-state index in [1.54, 1.807) is 0 Å². The molecule has 5 nitrogen and oxygen atoms in total. The van der Waals surface area contributed by atoms with Crippen LogP contribution in [0, 0.1) is 5.92 Å². The highest BCUT2D eigenvalue weighted by Crippen LogP contribution is 2.29. The van der Waals surface area contributed by atoms with Crippen molar-refractivity contribution >= 4 is 5.91 Å². The van der Waals surface area contributed by atoms with E-state index in [4.69, 9.17) is 0 Å². The summed E-state index contributed by atoms with van der Waals surface area (Å²) in [4.78, 5) is 17.1. The van der Waals surface area contributed by atoms with Crippen molar-refractivity contribution in [1.29, 1.82) is 0 Å². The number of piperazine rings is 1. The van der Waals surface area contributed by atoms with Crippen LogP contribution in [-0.4, -0.2) is 74.1 Å². The van der Waals surface area contributed by atoms with Crippen molar-refractivity contribution in [3.05, 3.63) is 0 Å². The molecule has 19 heavy (non-hydrogen) atoms. The average molecular weight is 266 g/mol. The Hall–Kier alpha value is -0.650. The Kier molecular flexibility index (Phi) is 4.05. The number of nitrogens with one attached hydrogen (secondary N) is 2. The number of hydrogen-bond donors (Lipinski definition) is 2. The summed E-state index contributed by atoms with van der Waals surface area (Å²) in [5.41, 5.74) is 0. The fourth-order valence-corrected chi connectivity index (χ4v) is 3.90. The minimum Gasteiger partial charge on any atom is -0.341 e. The molecule has 0 spiro atoms. The maximum Gasteiger partial charge on any atom is 0.241 e. The first-order valence-electron chi connectivity index (χ1n) is 7.69. The van der Waals surface area contributed by atoms with Gasteiger partial charge < -0.3 is 20.4 Å². The third kappa shape index (κ3) is 2.78. The smallest absolute Gasteiger partial charge is 0.241 e. The third-order valence-corrected chi connectivity index (χ3v) is 5.00. The maximum atomic E-state index is 12.5. The van der Waals surface area contributed by atoms with Crippen LogP contribution in [0.25, 0.3) is 0 Å². The summed E-state index contributed by atoms with van der Waals surface area (Å²) in [5, 5.41) is 6.63. The van der Waals surface area contributed by atoms with E-state index in [0.29, 0.717) is 17.9 Å². The average Bonchev–Trinajstić information content (AvgIpc) is 2.47. The number of carbonyl (C=O) groups is 1. The summed E-state index contributed by atoms with van der Waals surface area (Å²) in [6.07, 6.45) is 3.71. The molecule has 0 aromatic carbocycles. The SMILES string of the molecule is CN1CCCC2CN(C(=O)C3CNCCN3)CCC21. The van der Waals surface area contributed by atoms with Crippen LogP contribution >= 0.6 is 0 Å². The Morgan fingerprint density at radius 2 is 2.11 bits per heavy atom. The number of amides is 1. The van der Waals surface area contributed by atoms with E-state index in [-0.39, 0.29) is 6.04 Å². The zero-order valence-electron chi connectivity index (χ0n) is 11.9. The molecule has 0 aromatic heterocycles. The minimum absolute atomic E-state index is 0.00776. The monoisotopic (exact) mass is 266 g/mol. The van der Waals surface area contributed by atoms with Gasteiger partial charge in [-0.3, -0.25) is 4.79 Å². The summed E-state index contributed by atoms with van der Waals surface area (Å²) >= 11 is 0. The van der Waals surface area contributed by atoms with Gasteiger partial charge in [-0.2, -0.15) is 0 Å². The molecule has 3 unspecified atom stereocenters. The van der Waals surface area contributed by atoms with Crippen molar-refractivity contribution in [3.8, 4) is 0 Å². The fourth-order valence-electron chi connectivity index (χ4n) is 3.90. The van der Waals surface area contributed by atoms with Crippen molar-refractivity contribution in [2.24, 2.45) is 5.92 Å². The van der Waals surface area contributed by atoms with Crippen molar-refractivity contribution in [3.63, 3.8) is 0 Å². The van der Waals surface area contributed by atoms with E-state index in [9.17, 15) is 4.79 Å². The molecule has 108 valence electrons. The van der Waals surface area contributed by atoms with Gasteiger partial charge in [0.1, 0.15) is 0 Å². The summed E-state index contributed by atoms with van der Waals surface area (Å²) in [7, 11) is 2.24. The van der Waals surface area contributed by atoms with Crippen molar-refractivity contribution in [2.45, 2.75) is 31.3 Å². The first-order chi connectivity index (χ1) is 9.25. The number of carbonyl (C=O) groups excluding carboxylic acids is 1. The van der Waals surface area contributed by atoms with Crippen molar-refractivity contribution < 1.29 is 4.79 Å². The van der Waals surface area contributed by atoms with Gasteiger partial charge in [-0.15, -0.1) is 0 Å². The number of likely N-dealkylation sites (tertiary alicyclic amines) is 2. The van der Waals surface area contributed by atoms with Crippen LogP contribution < -0.4 is 10.6 Å². The Morgan fingerprint density at radius 3 is 2.89 bits per heavy atom. The van der Waals surface area contributed by atoms with Crippen LogP contribution in [0.5, 0.6) is 0 Å². The molecule has 0 aromatic rings. The Morgan fingerprint density at radius 1 is 1.21 bits per heavy atom. The number of rotatable bonds is 1. The number of piperidine rings is 2. The highest BCUT2D eigenvalue weighted by atomic mass is 16.2. The highest BCUT2D eigenvalue weighted by Gasteiger charge is 2.37. The van der Waals surface area contributed by atoms with Gasteiger partial charge >= 0.3 is 0 Å². The quantitative estimate of drug-likeness (QED) is 0.671. The van der Waals surface area contributed by atoms with Crippen LogP contribution in [0.1, 0.15) is 19.3 Å². The van der Waals surface area contributed by atoms with Gasteiger partial charge in [-0.25, -0.2) is 0 Å². The number of nitrogens with zero attached hydrogens (tertiary/aromatic N) is 2. The third-order valence-electron chi connectivity index (χ3n) is 5.00. The van der Waals surface area contributed by atoms with Crippen LogP contribution in [-0.2, 0) is 4.79 Å². The normalized spacial score (nSPS) is 36.9. The summed E-state index contributed by atoms with van der Waals surface area (Å²) in [5.74, 6) is 0.992. The minimum atomic E-state index is -0.00776. The molecule has 3 atom stereocenters. The second-order valence-electron chi connectivity index (χ2n) is 6.23. The molecule has 0 bridgehead atoms. The predicted molar refractivity (Wildman–Crippen MR) is 75.0 cm³/mol. The van der Waals surface area contributed by atoms with E-state index < -0.39 is 0 Å². The molecular weight excluding hydrogens is 240 g/mol. The number of fused-ring (bicyclic) bond motifs is 1. The van der Waals surface area contributed by atoms with Crippen LogP contribution in [0.15, 0.2) is 0 Å². The largest absolute Gasteiger partial charge is 0.341 e. The first kappa shape index (κ1) is 13.3. The molecule has 3 heterocycles. The van der Waals surface area contributed by atoms with Gasteiger partial charge in [0.25, 0.3) is 0 Å². The molecule has 3 aliphatic heterocycles. The highest BCUT2D eigenvalue weighted by molar-refractivity contribution is 5.82. The summed E-state index contributed by atoms with van der Waals surface area (Å²) in [6, 6.07) is 0.696. The van der Waals surface area contributed by atoms with Crippen molar-refractivity contribution in [2.75, 3.05) is 46.3 Å². The molecule has 3 fully saturated rings. The van der Waals surface area contributed by atoms with E-state index >= 15 is 0 Å². The zero-order chi connectivity index (χ0) is 13.2. The second kappa shape index (κ2) is 5.77. The zero-order valence-corrected chi connectivity index (χ0v) is 11.9. The van der Waals surface area contributed by atoms with Crippen LogP contribution in [0.2, 0.25) is 0 Å². The molecular formula is C14H26N4O. The van der Waals surface area contributed by atoms with Gasteiger partial charge in [0.15, 0.2) is 0 Å². The molecule has 3 aliphatic rings. The summed E-state index contributed by atoms with van der Waals surface area (Å²) < 4.78 is 0. The molecule has 1 amide bonds. The van der Waals surface area contributed by atoms with Gasteiger partial charge in [-0.05, 0) is 38.8 Å². The lowest BCUT2D eigenvalue weighted by molar-refractivity contribution is -0.137. The molecule has 0 radical (unpaired) electrons. The lowest BCUT2D eigenvalue weighted by atomic mass is 9.84. The molecule has 0 aliphatic carbocycles. The van der Waals surface area contributed by atoms with Gasteiger partial charge in [-0.1, -0.05) is 0 Å².